The third-order valence-corrected chi connectivity index (χ3v) is 9.69. The minimum absolute atomic E-state index is 0.0304. The summed E-state index contributed by atoms with van der Waals surface area (Å²) < 4.78 is 0. The highest BCUT2D eigenvalue weighted by molar-refractivity contribution is 7.08. The molecule has 2 aliphatic rings. The summed E-state index contributed by atoms with van der Waals surface area (Å²) in [5.74, 6) is 0.402. The fourth-order valence-corrected chi connectivity index (χ4v) is 6.97. The molecule has 2 saturated heterocycles. The zero-order chi connectivity index (χ0) is 27.3. The van der Waals surface area contributed by atoms with Gasteiger partial charge in [0.25, 0.3) is 5.91 Å². The molecule has 4 rings (SSSR count). The lowest BCUT2D eigenvalue weighted by molar-refractivity contribution is -0.147. The highest BCUT2D eigenvalue weighted by atomic mass is 35.5. The number of benzene rings is 1. The maximum absolute atomic E-state index is 13.4. The summed E-state index contributed by atoms with van der Waals surface area (Å²) in [6.07, 6.45) is 6.21. The van der Waals surface area contributed by atoms with Gasteiger partial charge in [-0.1, -0.05) is 35.7 Å². The first kappa shape index (κ1) is 29.3. The summed E-state index contributed by atoms with van der Waals surface area (Å²) in [6.45, 7) is 5.32. The van der Waals surface area contributed by atoms with E-state index in [1.807, 2.05) is 61.1 Å². The molecule has 0 spiro atoms. The maximum atomic E-state index is 13.4. The zero-order valence-electron chi connectivity index (χ0n) is 22.8. The predicted molar refractivity (Wildman–Crippen MR) is 158 cm³/mol. The number of likely N-dealkylation sites (tertiary alicyclic amines) is 2. The molecule has 6 nitrogen and oxygen atoms in total. The lowest BCUT2D eigenvalue weighted by atomic mass is 9.82. The van der Waals surface area contributed by atoms with Gasteiger partial charge in [-0.15, -0.1) is 0 Å². The molecule has 1 atom stereocenters. The molecule has 208 valence electrons. The van der Waals surface area contributed by atoms with Crippen LogP contribution >= 0.6 is 34.5 Å². The van der Waals surface area contributed by atoms with Crippen molar-refractivity contribution in [1.82, 2.24) is 19.6 Å². The lowest BCUT2D eigenvalue weighted by Crippen LogP contribution is -2.64. The van der Waals surface area contributed by atoms with Crippen LogP contribution in [-0.2, 0) is 4.79 Å². The molecule has 2 aliphatic heterocycles. The third kappa shape index (κ3) is 6.73. The monoisotopic (exact) mass is 578 g/mol. The van der Waals surface area contributed by atoms with Crippen molar-refractivity contribution in [3.63, 3.8) is 0 Å². The zero-order valence-corrected chi connectivity index (χ0v) is 25.1. The average molecular weight is 580 g/mol. The van der Waals surface area contributed by atoms with Crippen LogP contribution in [-0.4, -0.2) is 97.4 Å². The molecule has 1 aromatic carbocycles. The number of carbonyl (C=O) groups is 2. The van der Waals surface area contributed by atoms with Gasteiger partial charge in [0.05, 0.1) is 15.6 Å². The van der Waals surface area contributed by atoms with Crippen LogP contribution in [0.25, 0.3) is 0 Å². The Kier molecular flexibility index (Phi) is 10.1. The number of piperidine rings is 2. The molecule has 9 heteroatoms. The minimum Gasteiger partial charge on any atom is -0.347 e. The Hall–Kier alpha value is -1.64. The lowest BCUT2D eigenvalue weighted by Gasteiger charge is -2.50. The van der Waals surface area contributed by atoms with Crippen LogP contribution in [0.1, 0.15) is 60.4 Å². The molecular formula is C29H40Cl2N4O2S. The molecule has 0 aliphatic carbocycles. The van der Waals surface area contributed by atoms with Crippen LogP contribution in [0.15, 0.2) is 35.0 Å². The Morgan fingerprint density at radius 2 is 1.71 bits per heavy atom. The standard InChI is InChI=1S/C29H40Cl2N4O2S/c1-32(2)28(37)29(35-13-5-4-6-14-35)11-16-34(17-12-29)15-9-23(22-7-8-25(30)26(31)19-22)20-33(3)27(36)24-10-18-38-21-24/h7-8,10,18-19,21,23H,4-6,9,11-17,20H2,1-3H3. The normalized spacial score (nSPS) is 19.2. The summed E-state index contributed by atoms with van der Waals surface area (Å²) in [6, 6.07) is 7.67. The molecule has 0 N–H and O–H groups in total. The number of hydrogen-bond acceptors (Lipinski definition) is 5. The molecule has 0 bridgehead atoms. The Balaban J connectivity index is 1.44. The number of likely N-dealkylation sites (N-methyl/N-ethyl adjacent to an activating group) is 2. The Bertz CT molecular complexity index is 1080. The Labute approximate surface area is 241 Å². The van der Waals surface area contributed by atoms with Gasteiger partial charge in [-0.2, -0.15) is 11.3 Å². The summed E-state index contributed by atoms with van der Waals surface area (Å²) in [5, 5.41) is 4.89. The van der Waals surface area contributed by atoms with Gasteiger partial charge in [-0.05, 0) is 80.9 Å². The van der Waals surface area contributed by atoms with Crippen molar-refractivity contribution < 1.29 is 9.59 Å². The van der Waals surface area contributed by atoms with E-state index in [1.165, 1.54) is 30.6 Å². The fraction of sp³-hybridized carbons (Fsp3) is 0.586. The second-order valence-electron chi connectivity index (χ2n) is 11.0. The van der Waals surface area contributed by atoms with Gasteiger partial charge in [-0.25, -0.2) is 0 Å². The highest BCUT2D eigenvalue weighted by Gasteiger charge is 2.47. The molecule has 2 aromatic rings. The van der Waals surface area contributed by atoms with Gasteiger partial charge in [0, 0.05) is 52.1 Å². The van der Waals surface area contributed by atoms with Crippen molar-refractivity contribution in [2.24, 2.45) is 0 Å². The van der Waals surface area contributed by atoms with Crippen molar-refractivity contribution in [3.8, 4) is 0 Å². The van der Waals surface area contributed by atoms with Crippen LogP contribution in [0.5, 0.6) is 0 Å². The minimum atomic E-state index is -0.378. The topological polar surface area (TPSA) is 47.1 Å². The van der Waals surface area contributed by atoms with Gasteiger partial charge in [0.15, 0.2) is 0 Å². The molecule has 0 radical (unpaired) electrons. The summed E-state index contributed by atoms with van der Waals surface area (Å²) >= 11 is 14.1. The second-order valence-corrected chi connectivity index (χ2v) is 12.6. The van der Waals surface area contributed by atoms with Crippen LogP contribution in [0.2, 0.25) is 10.0 Å². The van der Waals surface area contributed by atoms with E-state index < -0.39 is 0 Å². The quantitative estimate of drug-likeness (QED) is 0.382. The molecule has 0 saturated carbocycles. The number of hydrogen-bond donors (Lipinski definition) is 0. The SMILES string of the molecule is CN(C)C(=O)C1(N2CCCCC2)CCN(CCC(CN(C)C(=O)c2ccsc2)c2ccc(Cl)c(Cl)c2)CC1. The molecule has 2 amide bonds. The van der Waals surface area contributed by atoms with Crippen LogP contribution < -0.4 is 0 Å². The average Bonchev–Trinajstić information content (AvgIpc) is 3.47. The second kappa shape index (κ2) is 13.1. The van der Waals surface area contributed by atoms with E-state index in [4.69, 9.17) is 23.2 Å². The van der Waals surface area contributed by atoms with E-state index in [2.05, 4.69) is 9.80 Å². The van der Waals surface area contributed by atoms with Gasteiger partial charge in [0.2, 0.25) is 5.91 Å². The highest BCUT2D eigenvalue weighted by Crippen LogP contribution is 2.34. The van der Waals surface area contributed by atoms with Gasteiger partial charge in [0.1, 0.15) is 5.54 Å². The number of rotatable bonds is 9. The summed E-state index contributed by atoms with van der Waals surface area (Å²) in [7, 11) is 5.64. The molecule has 38 heavy (non-hydrogen) atoms. The van der Waals surface area contributed by atoms with Gasteiger partial charge in [-0.3, -0.25) is 14.5 Å². The Morgan fingerprint density at radius 3 is 2.32 bits per heavy atom. The summed E-state index contributed by atoms with van der Waals surface area (Å²) in [4.78, 5) is 34.9. The van der Waals surface area contributed by atoms with Crippen molar-refractivity contribution in [3.05, 3.63) is 56.2 Å². The molecule has 2 fully saturated rings. The fourth-order valence-electron chi connectivity index (χ4n) is 6.04. The van der Waals surface area contributed by atoms with E-state index >= 15 is 0 Å². The summed E-state index contributed by atoms with van der Waals surface area (Å²) in [5.41, 5.74) is 1.43. The van der Waals surface area contributed by atoms with Crippen molar-refractivity contribution in [1.29, 1.82) is 0 Å². The molecule has 1 unspecified atom stereocenters. The maximum Gasteiger partial charge on any atom is 0.254 e. The van der Waals surface area contributed by atoms with Gasteiger partial charge >= 0.3 is 0 Å². The predicted octanol–water partition coefficient (Wildman–Crippen LogP) is 5.71. The van der Waals surface area contributed by atoms with E-state index in [9.17, 15) is 9.59 Å². The number of nitrogens with zero attached hydrogens (tertiary/aromatic N) is 4. The first-order valence-electron chi connectivity index (χ1n) is 13.6. The van der Waals surface area contributed by atoms with Crippen LogP contribution in [0.4, 0.5) is 0 Å². The van der Waals surface area contributed by atoms with E-state index in [1.54, 1.807) is 4.90 Å². The number of thiophene rings is 1. The van der Waals surface area contributed by atoms with Gasteiger partial charge < -0.3 is 14.7 Å². The molecule has 1 aromatic heterocycles. The third-order valence-electron chi connectivity index (χ3n) is 8.27. The van der Waals surface area contributed by atoms with Crippen molar-refractivity contribution in [2.75, 3.05) is 60.4 Å². The number of carbonyl (C=O) groups excluding carboxylic acids is 2. The van der Waals surface area contributed by atoms with Crippen LogP contribution in [0, 0.1) is 0 Å². The smallest absolute Gasteiger partial charge is 0.254 e. The number of amides is 2. The van der Waals surface area contributed by atoms with Crippen molar-refractivity contribution >= 4 is 46.4 Å². The first-order valence-corrected chi connectivity index (χ1v) is 15.3. The van der Waals surface area contributed by atoms with Crippen molar-refractivity contribution in [2.45, 2.75) is 50.0 Å². The first-order chi connectivity index (χ1) is 18.2. The number of halogens is 2. The van der Waals surface area contributed by atoms with E-state index in [0.29, 0.717) is 16.6 Å². The molecule has 3 heterocycles. The molecular weight excluding hydrogens is 539 g/mol. The largest absolute Gasteiger partial charge is 0.347 e. The van der Waals surface area contributed by atoms with E-state index in [-0.39, 0.29) is 23.3 Å². The van der Waals surface area contributed by atoms with Crippen LogP contribution in [0.3, 0.4) is 0 Å². The Morgan fingerprint density at radius 1 is 1.00 bits per heavy atom. The van der Waals surface area contributed by atoms with E-state index in [0.717, 1.165) is 63.1 Å².